The van der Waals surface area contributed by atoms with E-state index in [0.717, 1.165) is 13.1 Å². The summed E-state index contributed by atoms with van der Waals surface area (Å²) in [5.41, 5.74) is 2.60. The Balaban J connectivity index is 1.50. The zero-order valence-corrected chi connectivity index (χ0v) is 21.5. The predicted molar refractivity (Wildman–Crippen MR) is 149 cm³/mol. The van der Waals surface area contributed by atoms with Crippen LogP contribution in [0.3, 0.4) is 0 Å². The van der Waals surface area contributed by atoms with E-state index in [-0.39, 0.29) is 0 Å². The molecule has 0 amide bonds. The van der Waals surface area contributed by atoms with E-state index in [2.05, 4.69) is 96.1 Å². The molecule has 0 aliphatic heterocycles. The molecule has 0 aliphatic carbocycles. The fourth-order valence-corrected chi connectivity index (χ4v) is 5.03. The van der Waals surface area contributed by atoms with Gasteiger partial charge >= 0.3 is 0 Å². The Morgan fingerprint density at radius 3 is 1.48 bits per heavy atom. The molecule has 0 saturated carbocycles. The smallest absolute Gasteiger partial charge is 0.0407 e. The molecule has 0 aromatic carbocycles. The topological polar surface area (TPSA) is 9.86 Å². The Morgan fingerprint density at radius 1 is 0.576 bits per heavy atom. The summed E-state index contributed by atoms with van der Waals surface area (Å²) >= 11 is 1.85. The van der Waals surface area contributed by atoms with Crippen LogP contribution in [0.25, 0.3) is 24.3 Å². The number of thiophene rings is 1. The molecular weight excluding hydrogens is 420 g/mol. The summed E-state index contributed by atoms with van der Waals surface area (Å²) in [5, 5.41) is 0. The maximum atomic E-state index is 2.38. The molecule has 178 valence electrons. The molecule has 0 radical (unpaired) electrons. The van der Waals surface area contributed by atoms with Gasteiger partial charge in [0.1, 0.15) is 0 Å². The van der Waals surface area contributed by atoms with E-state index < -0.39 is 0 Å². The van der Waals surface area contributed by atoms with Gasteiger partial charge in [-0.25, -0.2) is 0 Å². The second kappa shape index (κ2) is 14.8. The fourth-order valence-electron chi connectivity index (χ4n) is 4.22. The molecule has 0 fully saturated rings. The van der Waals surface area contributed by atoms with Crippen LogP contribution in [0, 0.1) is 0 Å². The SMILES string of the molecule is CCCCCCCn1cccc1/C=C/c1ccc(/C=C/c2cccn2CCCCCCC)s1. The van der Waals surface area contributed by atoms with Gasteiger partial charge in [-0.15, -0.1) is 11.3 Å². The molecular formula is C30H42N2S. The molecule has 2 nitrogen and oxygen atoms in total. The molecule has 3 aromatic rings. The van der Waals surface area contributed by atoms with Crippen LogP contribution in [0.4, 0.5) is 0 Å². The molecule has 3 heteroatoms. The third-order valence-corrected chi connectivity index (χ3v) is 7.23. The van der Waals surface area contributed by atoms with Crippen LogP contribution >= 0.6 is 11.3 Å². The van der Waals surface area contributed by atoms with Gasteiger partial charge in [-0.3, -0.25) is 0 Å². The molecule has 0 unspecified atom stereocenters. The maximum absolute atomic E-state index is 2.38. The van der Waals surface area contributed by atoms with E-state index in [4.69, 9.17) is 0 Å². The lowest BCUT2D eigenvalue weighted by Crippen LogP contribution is -1.98. The normalized spacial score (nSPS) is 11.9. The van der Waals surface area contributed by atoms with Gasteiger partial charge in [0.25, 0.3) is 0 Å². The summed E-state index contributed by atoms with van der Waals surface area (Å²) in [6.45, 7) is 6.78. The highest BCUT2D eigenvalue weighted by atomic mass is 32.1. The summed E-state index contributed by atoms with van der Waals surface area (Å²) < 4.78 is 4.76. The van der Waals surface area contributed by atoms with Crippen molar-refractivity contribution in [3.05, 3.63) is 69.9 Å². The number of aromatic nitrogens is 2. The number of aryl methyl sites for hydroxylation is 2. The minimum Gasteiger partial charge on any atom is -0.348 e. The predicted octanol–water partition coefficient (Wildman–Crippen LogP) is 9.63. The molecule has 0 saturated heterocycles. The molecule has 0 bridgehead atoms. The third-order valence-electron chi connectivity index (χ3n) is 6.22. The quantitative estimate of drug-likeness (QED) is 0.187. The van der Waals surface area contributed by atoms with Gasteiger partial charge in [-0.05, 0) is 73.5 Å². The van der Waals surface area contributed by atoms with Crippen LogP contribution in [0.5, 0.6) is 0 Å². The monoisotopic (exact) mass is 462 g/mol. The number of unbranched alkanes of at least 4 members (excludes halogenated alkanes) is 8. The van der Waals surface area contributed by atoms with E-state index in [1.54, 1.807) is 0 Å². The van der Waals surface area contributed by atoms with Gasteiger partial charge in [0.2, 0.25) is 0 Å². The summed E-state index contributed by atoms with van der Waals surface area (Å²) in [6, 6.07) is 13.2. The summed E-state index contributed by atoms with van der Waals surface area (Å²) in [4.78, 5) is 2.60. The first-order valence-electron chi connectivity index (χ1n) is 13.1. The fraction of sp³-hybridized carbons (Fsp3) is 0.467. The first kappa shape index (κ1) is 25.4. The first-order valence-corrected chi connectivity index (χ1v) is 13.9. The van der Waals surface area contributed by atoms with Gasteiger partial charge < -0.3 is 9.13 Å². The Bertz CT molecular complexity index is 892. The van der Waals surface area contributed by atoms with Gasteiger partial charge in [0, 0.05) is 46.6 Å². The van der Waals surface area contributed by atoms with Gasteiger partial charge in [-0.2, -0.15) is 0 Å². The van der Waals surface area contributed by atoms with Crippen molar-refractivity contribution in [2.75, 3.05) is 0 Å². The number of nitrogens with zero attached hydrogens (tertiary/aromatic N) is 2. The van der Waals surface area contributed by atoms with Crippen LogP contribution in [0.15, 0.2) is 48.8 Å². The Morgan fingerprint density at radius 2 is 1.03 bits per heavy atom. The average molecular weight is 463 g/mol. The standard InChI is InChI=1S/C30H42N2S/c1-3-5-7-9-11-23-31-25-13-15-27(31)17-19-29-21-22-30(33-29)20-18-28-16-14-26-32(28)24-12-10-8-6-4-2/h13-22,25-26H,3-12,23-24H2,1-2H3/b19-17+,20-18+. The summed E-state index contributed by atoms with van der Waals surface area (Å²) in [6.07, 6.45) is 26.7. The number of hydrogen-bond donors (Lipinski definition) is 0. The van der Waals surface area contributed by atoms with E-state index >= 15 is 0 Å². The van der Waals surface area contributed by atoms with Crippen LogP contribution in [-0.4, -0.2) is 9.13 Å². The molecule has 0 atom stereocenters. The molecule has 3 heterocycles. The van der Waals surface area contributed by atoms with E-state index in [1.165, 1.54) is 85.4 Å². The van der Waals surface area contributed by atoms with Crippen molar-refractivity contribution in [3.8, 4) is 0 Å². The van der Waals surface area contributed by atoms with Crippen molar-refractivity contribution in [2.45, 2.75) is 91.1 Å². The Kier molecular flexibility index (Phi) is 11.4. The van der Waals surface area contributed by atoms with Crippen LogP contribution in [-0.2, 0) is 13.1 Å². The van der Waals surface area contributed by atoms with Gasteiger partial charge in [0.15, 0.2) is 0 Å². The number of rotatable bonds is 16. The van der Waals surface area contributed by atoms with Crippen molar-refractivity contribution in [3.63, 3.8) is 0 Å². The maximum Gasteiger partial charge on any atom is 0.0407 e. The van der Waals surface area contributed by atoms with E-state index in [0.29, 0.717) is 0 Å². The second-order valence-electron chi connectivity index (χ2n) is 8.99. The van der Waals surface area contributed by atoms with Crippen molar-refractivity contribution in [1.82, 2.24) is 9.13 Å². The zero-order chi connectivity index (χ0) is 23.1. The van der Waals surface area contributed by atoms with Gasteiger partial charge in [-0.1, -0.05) is 65.2 Å². The van der Waals surface area contributed by atoms with E-state index in [1.807, 2.05) is 11.3 Å². The molecule has 3 rings (SSSR count). The van der Waals surface area contributed by atoms with Crippen molar-refractivity contribution < 1.29 is 0 Å². The molecule has 33 heavy (non-hydrogen) atoms. The highest BCUT2D eigenvalue weighted by Gasteiger charge is 2.01. The van der Waals surface area contributed by atoms with Gasteiger partial charge in [0.05, 0.1) is 0 Å². The lowest BCUT2D eigenvalue weighted by Gasteiger charge is -2.06. The summed E-state index contributed by atoms with van der Waals surface area (Å²) in [5.74, 6) is 0. The Hall–Kier alpha value is -2.26. The average Bonchev–Trinajstić information content (AvgIpc) is 3.57. The van der Waals surface area contributed by atoms with E-state index in [9.17, 15) is 0 Å². The van der Waals surface area contributed by atoms with Crippen molar-refractivity contribution in [2.24, 2.45) is 0 Å². The van der Waals surface area contributed by atoms with Crippen LogP contribution < -0.4 is 0 Å². The second-order valence-corrected chi connectivity index (χ2v) is 10.1. The van der Waals surface area contributed by atoms with Crippen molar-refractivity contribution >= 4 is 35.6 Å². The van der Waals surface area contributed by atoms with Crippen LogP contribution in [0.1, 0.15) is 99.2 Å². The molecule has 0 N–H and O–H groups in total. The minimum absolute atomic E-state index is 1.12. The molecule has 0 aliphatic rings. The minimum atomic E-state index is 1.12. The third kappa shape index (κ3) is 8.89. The molecule has 3 aromatic heterocycles. The molecule has 0 spiro atoms. The first-order chi connectivity index (χ1) is 16.3. The number of hydrogen-bond acceptors (Lipinski definition) is 1. The zero-order valence-electron chi connectivity index (χ0n) is 20.7. The highest BCUT2D eigenvalue weighted by molar-refractivity contribution is 7.13. The Labute approximate surface area is 205 Å². The lowest BCUT2D eigenvalue weighted by molar-refractivity contribution is 0.568. The largest absolute Gasteiger partial charge is 0.348 e. The van der Waals surface area contributed by atoms with Crippen LogP contribution in [0.2, 0.25) is 0 Å². The summed E-state index contributed by atoms with van der Waals surface area (Å²) in [7, 11) is 0. The highest BCUT2D eigenvalue weighted by Crippen LogP contribution is 2.22. The van der Waals surface area contributed by atoms with Crippen molar-refractivity contribution in [1.29, 1.82) is 0 Å². The lowest BCUT2D eigenvalue weighted by atomic mass is 10.1.